The van der Waals surface area contributed by atoms with Gasteiger partial charge in [0.25, 0.3) is 5.91 Å². The number of hydrogen-bond donors (Lipinski definition) is 2. The van der Waals surface area contributed by atoms with E-state index < -0.39 is 0 Å². The van der Waals surface area contributed by atoms with Gasteiger partial charge < -0.3 is 15.5 Å². The van der Waals surface area contributed by atoms with Crippen LogP contribution in [0, 0.1) is 6.92 Å². The van der Waals surface area contributed by atoms with Gasteiger partial charge >= 0.3 is 0 Å². The average molecular weight is 403 g/mol. The summed E-state index contributed by atoms with van der Waals surface area (Å²) >= 11 is 0. The third-order valence-electron chi connectivity index (χ3n) is 6.18. The van der Waals surface area contributed by atoms with E-state index in [4.69, 9.17) is 5.73 Å². The summed E-state index contributed by atoms with van der Waals surface area (Å²) < 4.78 is 0. The van der Waals surface area contributed by atoms with E-state index in [0.717, 1.165) is 30.5 Å². The quantitative estimate of drug-likeness (QED) is 0.657. The summed E-state index contributed by atoms with van der Waals surface area (Å²) in [5, 5.41) is 8.23. The first-order chi connectivity index (χ1) is 14.5. The van der Waals surface area contributed by atoms with Crippen LogP contribution in [0.25, 0.3) is 10.9 Å². The number of aromatic nitrogens is 2. The Kier molecular flexibility index (Phi) is 4.46. The third-order valence-corrected chi connectivity index (χ3v) is 6.18. The number of carbonyl (C=O) groups is 2. The summed E-state index contributed by atoms with van der Waals surface area (Å²) in [5.41, 5.74) is 12.3. The Hall–Kier alpha value is -3.35. The van der Waals surface area contributed by atoms with Crippen LogP contribution in [0.15, 0.2) is 30.3 Å². The molecule has 1 saturated heterocycles. The number of fused-ring (bicyclic) bond motifs is 2. The molecule has 30 heavy (non-hydrogen) atoms. The van der Waals surface area contributed by atoms with Crippen LogP contribution < -0.4 is 5.73 Å². The standard InChI is InChI=1S/C23H25N5O2/c1-14-5-6-15-11-28(12-16(15)8-14)23(30)17-9-18-20(10-19(17)24)25-26-21(18)13-27-7-3-2-4-22(27)29/h5-6,8-10H,2-4,7,11-13,24H2,1H3,(H,25,26). The van der Waals surface area contributed by atoms with Gasteiger partial charge in [-0.2, -0.15) is 5.10 Å². The molecular formula is C23H25N5O2. The Labute approximate surface area is 174 Å². The Bertz CT molecular complexity index is 1170. The molecule has 5 rings (SSSR count). The average Bonchev–Trinajstić information content (AvgIpc) is 3.32. The SMILES string of the molecule is Cc1ccc2c(c1)CN(C(=O)c1cc3c(CN4CCCCC4=O)[nH]nc3cc1N)C2. The molecule has 2 aliphatic rings. The lowest BCUT2D eigenvalue weighted by Crippen LogP contribution is -2.34. The molecular weight excluding hydrogens is 378 g/mol. The number of carbonyl (C=O) groups excluding carboxylic acids is 2. The fourth-order valence-corrected chi connectivity index (χ4v) is 4.49. The van der Waals surface area contributed by atoms with Crippen molar-refractivity contribution in [1.82, 2.24) is 20.0 Å². The summed E-state index contributed by atoms with van der Waals surface area (Å²) in [7, 11) is 0. The number of piperidine rings is 1. The van der Waals surface area contributed by atoms with Crippen molar-refractivity contribution >= 4 is 28.4 Å². The maximum atomic E-state index is 13.3. The highest BCUT2D eigenvalue weighted by Gasteiger charge is 2.27. The van der Waals surface area contributed by atoms with Crippen molar-refractivity contribution in [3.63, 3.8) is 0 Å². The molecule has 1 fully saturated rings. The van der Waals surface area contributed by atoms with E-state index in [-0.39, 0.29) is 11.8 Å². The minimum Gasteiger partial charge on any atom is -0.398 e. The zero-order valence-corrected chi connectivity index (χ0v) is 17.1. The Balaban J connectivity index is 1.44. The fourth-order valence-electron chi connectivity index (χ4n) is 4.49. The number of aryl methyl sites for hydroxylation is 1. The number of amides is 2. The third kappa shape index (κ3) is 3.20. The van der Waals surface area contributed by atoms with Crippen LogP contribution in [0.3, 0.4) is 0 Å². The van der Waals surface area contributed by atoms with Gasteiger partial charge in [0.05, 0.1) is 23.3 Å². The Morgan fingerprint density at radius 2 is 2.00 bits per heavy atom. The minimum absolute atomic E-state index is 0.0792. The van der Waals surface area contributed by atoms with Gasteiger partial charge in [-0.15, -0.1) is 0 Å². The highest BCUT2D eigenvalue weighted by Crippen LogP contribution is 2.29. The lowest BCUT2D eigenvalue weighted by Gasteiger charge is -2.26. The Morgan fingerprint density at radius 1 is 1.17 bits per heavy atom. The van der Waals surface area contributed by atoms with Crippen molar-refractivity contribution in [2.45, 2.75) is 45.8 Å². The number of nitrogens with two attached hydrogens (primary N) is 1. The first-order valence-corrected chi connectivity index (χ1v) is 10.4. The van der Waals surface area contributed by atoms with Gasteiger partial charge in [-0.05, 0) is 43.0 Å². The maximum absolute atomic E-state index is 13.3. The number of anilines is 1. The molecule has 154 valence electrons. The molecule has 0 aliphatic carbocycles. The predicted molar refractivity (Wildman–Crippen MR) is 115 cm³/mol. The summed E-state index contributed by atoms with van der Waals surface area (Å²) in [4.78, 5) is 29.2. The molecule has 0 atom stereocenters. The zero-order chi connectivity index (χ0) is 20.8. The van der Waals surface area contributed by atoms with Crippen molar-refractivity contribution in [3.8, 4) is 0 Å². The first-order valence-electron chi connectivity index (χ1n) is 10.4. The van der Waals surface area contributed by atoms with Crippen LogP contribution in [0.4, 0.5) is 5.69 Å². The molecule has 0 radical (unpaired) electrons. The molecule has 3 aromatic rings. The molecule has 7 nitrogen and oxygen atoms in total. The van der Waals surface area contributed by atoms with Crippen LogP contribution in [-0.4, -0.2) is 38.4 Å². The van der Waals surface area contributed by atoms with E-state index in [9.17, 15) is 9.59 Å². The molecule has 0 saturated carbocycles. The van der Waals surface area contributed by atoms with E-state index in [1.807, 2.05) is 15.9 Å². The number of benzene rings is 2. The van der Waals surface area contributed by atoms with Crippen LogP contribution in [0.1, 0.15) is 52.0 Å². The molecule has 2 aromatic carbocycles. The molecule has 7 heteroatoms. The second-order valence-electron chi connectivity index (χ2n) is 8.36. The molecule has 0 unspecified atom stereocenters. The van der Waals surface area contributed by atoms with Crippen molar-refractivity contribution in [2.24, 2.45) is 0 Å². The maximum Gasteiger partial charge on any atom is 0.256 e. The predicted octanol–water partition coefficient (Wildman–Crippen LogP) is 3.12. The first kappa shape index (κ1) is 18.7. The summed E-state index contributed by atoms with van der Waals surface area (Å²) in [6.07, 6.45) is 2.56. The van der Waals surface area contributed by atoms with Crippen molar-refractivity contribution in [3.05, 3.63) is 58.3 Å². The molecule has 0 bridgehead atoms. The second-order valence-corrected chi connectivity index (χ2v) is 8.36. The van der Waals surface area contributed by atoms with Gasteiger partial charge in [0.2, 0.25) is 5.91 Å². The summed E-state index contributed by atoms with van der Waals surface area (Å²) in [5.74, 6) is 0.0883. The van der Waals surface area contributed by atoms with Gasteiger partial charge in [0.1, 0.15) is 0 Å². The van der Waals surface area contributed by atoms with Gasteiger partial charge in [-0.25, -0.2) is 0 Å². The highest BCUT2D eigenvalue weighted by atomic mass is 16.2. The van der Waals surface area contributed by atoms with Crippen LogP contribution in [0.2, 0.25) is 0 Å². The number of H-pyrrole nitrogens is 1. The molecule has 3 heterocycles. The molecule has 3 N–H and O–H groups in total. The van der Waals surface area contributed by atoms with Crippen LogP contribution in [0.5, 0.6) is 0 Å². The number of likely N-dealkylation sites (tertiary alicyclic amines) is 1. The number of hydrogen-bond acceptors (Lipinski definition) is 4. The summed E-state index contributed by atoms with van der Waals surface area (Å²) in [6.45, 7) is 4.47. The van der Waals surface area contributed by atoms with Gasteiger partial charge in [-0.1, -0.05) is 23.8 Å². The van der Waals surface area contributed by atoms with E-state index in [1.165, 1.54) is 16.7 Å². The Morgan fingerprint density at radius 3 is 2.83 bits per heavy atom. The number of nitrogens with one attached hydrogen (secondary N) is 1. The van der Waals surface area contributed by atoms with Crippen LogP contribution >= 0.6 is 0 Å². The fraction of sp³-hybridized carbons (Fsp3) is 0.348. The number of aromatic amines is 1. The van der Waals surface area contributed by atoms with Crippen molar-refractivity contribution < 1.29 is 9.59 Å². The smallest absolute Gasteiger partial charge is 0.256 e. The van der Waals surface area contributed by atoms with Gasteiger partial charge in [-0.3, -0.25) is 14.7 Å². The lowest BCUT2D eigenvalue weighted by atomic mass is 10.1. The largest absolute Gasteiger partial charge is 0.398 e. The number of rotatable bonds is 3. The van der Waals surface area contributed by atoms with E-state index in [1.54, 1.807) is 6.07 Å². The van der Waals surface area contributed by atoms with E-state index in [0.29, 0.717) is 42.8 Å². The highest BCUT2D eigenvalue weighted by molar-refractivity contribution is 6.04. The number of nitrogen functional groups attached to an aromatic ring is 1. The van der Waals surface area contributed by atoms with Crippen molar-refractivity contribution in [1.29, 1.82) is 0 Å². The zero-order valence-electron chi connectivity index (χ0n) is 17.1. The molecule has 1 aromatic heterocycles. The number of nitrogens with zero attached hydrogens (tertiary/aromatic N) is 3. The van der Waals surface area contributed by atoms with Crippen molar-refractivity contribution in [2.75, 3.05) is 12.3 Å². The summed E-state index contributed by atoms with van der Waals surface area (Å²) in [6, 6.07) is 9.88. The molecule has 0 spiro atoms. The molecule has 2 amide bonds. The normalized spacial score (nSPS) is 16.4. The van der Waals surface area contributed by atoms with E-state index in [2.05, 4.69) is 35.3 Å². The topological polar surface area (TPSA) is 95.3 Å². The van der Waals surface area contributed by atoms with E-state index >= 15 is 0 Å². The van der Waals surface area contributed by atoms with Gasteiger partial charge in [0.15, 0.2) is 0 Å². The molecule has 2 aliphatic heterocycles. The monoisotopic (exact) mass is 403 g/mol. The lowest BCUT2D eigenvalue weighted by molar-refractivity contribution is -0.133. The van der Waals surface area contributed by atoms with Crippen LogP contribution in [-0.2, 0) is 24.4 Å². The second kappa shape index (κ2) is 7.16. The van der Waals surface area contributed by atoms with Gasteiger partial charge in [0, 0.05) is 37.1 Å². The minimum atomic E-state index is -0.0792.